The number of halogens is 1. The second-order valence-electron chi connectivity index (χ2n) is 6.28. The number of rotatable bonds is 5. The van der Waals surface area contributed by atoms with Crippen LogP contribution in [0.15, 0.2) is 24.3 Å². The van der Waals surface area contributed by atoms with Gasteiger partial charge in [-0.2, -0.15) is 0 Å². The highest BCUT2D eigenvalue weighted by Crippen LogP contribution is 2.29. The monoisotopic (exact) mass is 296 g/mol. The topological polar surface area (TPSA) is 35.5 Å². The van der Waals surface area contributed by atoms with E-state index < -0.39 is 6.10 Å². The standard InChI is InChI=1S/C16H25ClN2O/c1-16(7-9-19(2)10-8-16)12-18-11-15(20)13-5-3-4-6-14(13)17/h3-6,15,18,20H,7-12H2,1-2H3. The van der Waals surface area contributed by atoms with E-state index in [1.165, 1.54) is 12.8 Å². The van der Waals surface area contributed by atoms with E-state index in [0.717, 1.165) is 25.2 Å². The first kappa shape index (κ1) is 15.8. The molecule has 2 rings (SSSR count). The van der Waals surface area contributed by atoms with Crippen molar-refractivity contribution >= 4 is 11.6 Å². The number of nitrogens with zero attached hydrogens (tertiary/aromatic N) is 1. The van der Waals surface area contributed by atoms with Crippen LogP contribution >= 0.6 is 11.6 Å². The maximum Gasteiger partial charge on any atom is 0.0928 e. The minimum absolute atomic E-state index is 0.340. The van der Waals surface area contributed by atoms with E-state index in [9.17, 15) is 5.11 Å². The average Bonchev–Trinajstić information content (AvgIpc) is 2.43. The largest absolute Gasteiger partial charge is 0.387 e. The van der Waals surface area contributed by atoms with Gasteiger partial charge in [-0.15, -0.1) is 0 Å². The summed E-state index contributed by atoms with van der Waals surface area (Å²) in [5.74, 6) is 0. The van der Waals surface area contributed by atoms with Crippen molar-refractivity contribution in [2.75, 3.05) is 33.2 Å². The van der Waals surface area contributed by atoms with Crippen LogP contribution in [0.5, 0.6) is 0 Å². The summed E-state index contributed by atoms with van der Waals surface area (Å²) in [6, 6.07) is 7.48. The summed E-state index contributed by atoms with van der Waals surface area (Å²) in [4.78, 5) is 2.38. The molecule has 1 unspecified atom stereocenters. The quantitative estimate of drug-likeness (QED) is 0.877. The van der Waals surface area contributed by atoms with Gasteiger partial charge in [0.1, 0.15) is 0 Å². The van der Waals surface area contributed by atoms with Crippen molar-refractivity contribution in [1.82, 2.24) is 10.2 Å². The predicted molar refractivity (Wildman–Crippen MR) is 84.1 cm³/mol. The minimum Gasteiger partial charge on any atom is -0.387 e. The third-order valence-electron chi connectivity index (χ3n) is 4.35. The van der Waals surface area contributed by atoms with E-state index in [0.29, 0.717) is 17.0 Å². The number of likely N-dealkylation sites (tertiary alicyclic amines) is 1. The van der Waals surface area contributed by atoms with Gasteiger partial charge in [0.15, 0.2) is 0 Å². The van der Waals surface area contributed by atoms with Crippen molar-refractivity contribution < 1.29 is 5.11 Å². The number of aliphatic hydroxyl groups is 1. The fourth-order valence-electron chi connectivity index (χ4n) is 2.70. The molecule has 0 bridgehead atoms. The number of aliphatic hydroxyl groups excluding tert-OH is 1. The van der Waals surface area contributed by atoms with Crippen LogP contribution in [-0.2, 0) is 0 Å². The Morgan fingerprint density at radius 1 is 1.35 bits per heavy atom. The van der Waals surface area contributed by atoms with Gasteiger partial charge in [-0.05, 0) is 44.5 Å². The third-order valence-corrected chi connectivity index (χ3v) is 4.69. The summed E-state index contributed by atoms with van der Waals surface area (Å²) in [6.07, 6.45) is 1.87. The van der Waals surface area contributed by atoms with E-state index in [1.807, 2.05) is 24.3 Å². The Labute approximate surface area is 126 Å². The summed E-state index contributed by atoms with van der Waals surface area (Å²) in [6.45, 7) is 6.14. The number of piperidine rings is 1. The number of nitrogens with one attached hydrogen (secondary N) is 1. The zero-order chi connectivity index (χ0) is 14.6. The van der Waals surface area contributed by atoms with Gasteiger partial charge in [-0.1, -0.05) is 36.7 Å². The summed E-state index contributed by atoms with van der Waals surface area (Å²) in [5.41, 5.74) is 1.14. The van der Waals surface area contributed by atoms with Crippen molar-refractivity contribution in [2.24, 2.45) is 5.41 Å². The molecule has 1 atom stereocenters. The number of hydrogen-bond donors (Lipinski definition) is 2. The van der Waals surface area contributed by atoms with Crippen LogP contribution < -0.4 is 5.32 Å². The lowest BCUT2D eigenvalue weighted by atomic mass is 9.80. The van der Waals surface area contributed by atoms with Gasteiger partial charge in [0.2, 0.25) is 0 Å². The van der Waals surface area contributed by atoms with Crippen LogP contribution in [0.2, 0.25) is 5.02 Å². The molecule has 20 heavy (non-hydrogen) atoms. The molecule has 0 spiro atoms. The SMILES string of the molecule is CN1CCC(C)(CNCC(O)c2ccccc2Cl)CC1. The normalized spacial score (nSPS) is 20.8. The van der Waals surface area contributed by atoms with E-state index >= 15 is 0 Å². The number of hydrogen-bond acceptors (Lipinski definition) is 3. The van der Waals surface area contributed by atoms with Gasteiger partial charge in [-0.3, -0.25) is 0 Å². The molecule has 1 aliphatic heterocycles. The molecule has 1 aliphatic rings. The smallest absolute Gasteiger partial charge is 0.0928 e. The molecule has 1 heterocycles. The Hall–Kier alpha value is -0.610. The minimum atomic E-state index is -0.543. The Balaban J connectivity index is 1.80. The molecule has 0 aliphatic carbocycles. The van der Waals surface area contributed by atoms with E-state index in [1.54, 1.807) is 0 Å². The average molecular weight is 297 g/mol. The maximum absolute atomic E-state index is 10.2. The second-order valence-corrected chi connectivity index (χ2v) is 6.69. The lowest BCUT2D eigenvalue weighted by Crippen LogP contribution is -2.42. The molecule has 0 saturated carbocycles. The predicted octanol–water partition coefficient (Wildman–Crippen LogP) is 2.69. The molecular weight excluding hydrogens is 272 g/mol. The fraction of sp³-hybridized carbons (Fsp3) is 0.625. The van der Waals surface area contributed by atoms with Gasteiger partial charge < -0.3 is 15.3 Å². The molecule has 2 N–H and O–H groups in total. The zero-order valence-electron chi connectivity index (χ0n) is 12.4. The molecule has 1 aromatic rings. The van der Waals surface area contributed by atoms with Crippen molar-refractivity contribution in [3.8, 4) is 0 Å². The van der Waals surface area contributed by atoms with Crippen molar-refractivity contribution in [3.05, 3.63) is 34.9 Å². The van der Waals surface area contributed by atoms with Gasteiger partial charge in [0.05, 0.1) is 6.10 Å². The second kappa shape index (κ2) is 6.90. The molecule has 1 aromatic carbocycles. The highest BCUT2D eigenvalue weighted by Gasteiger charge is 2.28. The first-order valence-corrected chi connectivity index (χ1v) is 7.70. The Kier molecular flexibility index (Phi) is 5.44. The van der Waals surface area contributed by atoms with Crippen LogP contribution in [-0.4, -0.2) is 43.2 Å². The molecule has 1 fully saturated rings. The first-order valence-electron chi connectivity index (χ1n) is 7.32. The maximum atomic E-state index is 10.2. The van der Waals surface area contributed by atoms with Gasteiger partial charge >= 0.3 is 0 Å². The molecule has 0 radical (unpaired) electrons. The van der Waals surface area contributed by atoms with E-state index in [-0.39, 0.29) is 0 Å². The number of benzene rings is 1. The molecule has 0 amide bonds. The van der Waals surface area contributed by atoms with Gasteiger partial charge in [0, 0.05) is 23.7 Å². The van der Waals surface area contributed by atoms with Gasteiger partial charge in [-0.25, -0.2) is 0 Å². The molecule has 0 aromatic heterocycles. The molecule has 1 saturated heterocycles. The fourth-order valence-corrected chi connectivity index (χ4v) is 2.96. The van der Waals surface area contributed by atoms with Crippen LogP contribution in [0.25, 0.3) is 0 Å². The highest BCUT2D eigenvalue weighted by molar-refractivity contribution is 6.31. The van der Waals surface area contributed by atoms with Gasteiger partial charge in [0.25, 0.3) is 0 Å². The van der Waals surface area contributed by atoms with Crippen molar-refractivity contribution in [1.29, 1.82) is 0 Å². The zero-order valence-corrected chi connectivity index (χ0v) is 13.2. The molecule has 4 heteroatoms. The van der Waals surface area contributed by atoms with Crippen molar-refractivity contribution in [2.45, 2.75) is 25.9 Å². The lowest BCUT2D eigenvalue weighted by Gasteiger charge is -2.38. The van der Waals surface area contributed by atoms with Crippen LogP contribution in [0, 0.1) is 5.41 Å². The Morgan fingerprint density at radius 3 is 2.65 bits per heavy atom. The van der Waals surface area contributed by atoms with Crippen LogP contribution in [0.3, 0.4) is 0 Å². The lowest BCUT2D eigenvalue weighted by molar-refractivity contribution is 0.124. The summed E-state index contributed by atoms with van der Waals surface area (Å²) < 4.78 is 0. The summed E-state index contributed by atoms with van der Waals surface area (Å²) >= 11 is 6.10. The van der Waals surface area contributed by atoms with Crippen LogP contribution in [0.1, 0.15) is 31.4 Å². The van der Waals surface area contributed by atoms with Crippen molar-refractivity contribution in [3.63, 3.8) is 0 Å². The summed E-state index contributed by atoms with van der Waals surface area (Å²) in [7, 11) is 2.17. The van der Waals surface area contributed by atoms with E-state index in [2.05, 4.69) is 24.2 Å². The molecular formula is C16H25ClN2O. The van der Waals surface area contributed by atoms with E-state index in [4.69, 9.17) is 11.6 Å². The molecule has 3 nitrogen and oxygen atoms in total. The highest BCUT2D eigenvalue weighted by atomic mass is 35.5. The summed E-state index contributed by atoms with van der Waals surface area (Å²) in [5, 5.41) is 14.2. The molecule has 112 valence electrons. The first-order chi connectivity index (χ1) is 9.50. The third kappa shape index (κ3) is 4.19. The van der Waals surface area contributed by atoms with Crippen LogP contribution in [0.4, 0.5) is 0 Å². The Morgan fingerprint density at radius 2 is 2.00 bits per heavy atom. The Bertz CT molecular complexity index is 430.